The molecule has 11 heteroatoms. The van der Waals surface area contributed by atoms with Crippen LogP contribution in [0.4, 0.5) is 17.2 Å². The first kappa shape index (κ1) is 29.1. The average molecular weight is 609 g/mol. The van der Waals surface area contributed by atoms with E-state index in [1.165, 1.54) is 11.3 Å². The van der Waals surface area contributed by atoms with E-state index in [9.17, 15) is 19.2 Å². The van der Waals surface area contributed by atoms with Crippen LogP contribution in [0, 0.1) is 0 Å². The molecule has 1 atom stereocenters. The second kappa shape index (κ2) is 12.3. The molecule has 4 heterocycles. The smallest absolute Gasteiger partial charge is 0.262 e. The fraction of sp³-hybridized carbons (Fsp3) is 0.242. The number of fused-ring (bicyclic) bond motifs is 3. The van der Waals surface area contributed by atoms with Crippen molar-refractivity contribution in [2.45, 2.75) is 32.2 Å². The van der Waals surface area contributed by atoms with Crippen LogP contribution in [-0.2, 0) is 11.2 Å². The zero-order chi connectivity index (χ0) is 30.8. The van der Waals surface area contributed by atoms with E-state index >= 15 is 0 Å². The van der Waals surface area contributed by atoms with Gasteiger partial charge in [0.05, 0.1) is 16.1 Å². The van der Waals surface area contributed by atoms with Crippen molar-refractivity contribution in [2.24, 2.45) is 5.73 Å². The third-order valence-electron chi connectivity index (χ3n) is 7.90. The molecule has 0 bridgehead atoms. The number of para-hydroxylation sites is 1. The van der Waals surface area contributed by atoms with Crippen LogP contribution in [0.3, 0.4) is 0 Å². The standard InChI is InChI=1S/C33H32N6O4S/c1-20(29(34)40)36-32(42)27-19-21-13-17-39(26-12-3-2-10-24(26)28(21)44-27)33(43)22-8-6-9-23(18-22)37-31(41)25-11-7-14-35-30(25)38-15-4-5-16-38/h2-3,6-12,14,18-20H,4-5,13,15-17H2,1H3,(H2,34,40)(H,36,42)(H,37,41)/t20-/m0/s1. The van der Waals surface area contributed by atoms with Crippen LogP contribution in [0.15, 0.2) is 72.9 Å². The number of anilines is 3. The van der Waals surface area contributed by atoms with Gasteiger partial charge in [-0.1, -0.05) is 24.3 Å². The van der Waals surface area contributed by atoms with E-state index in [2.05, 4.69) is 20.5 Å². The molecular weight excluding hydrogens is 576 g/mol. The summed E-state index contributed by atoms with van der Waals surface area (Å²) in [7, 11) is 0. The number of benzene rings is 2. The summed E-state index contributed by atoms with van der Waals surface area (Å²) in [6.45, 7) is 3.68. The molecule has 1 fully saturated rings. The van der Waals surface area contributed by atoms with Gasteiger partial charge in [0.1, 0.15) is 11.9 Å². The van der Waals surface area contributed by atoms with Gasteiger partial charge in [0.2, 0.25) is 5.91 Å². The fourth-order valence-electron chi connectivity index (χ4n) is 5.60. The lowest BCUT2D eigenvalue weighted by Crippen LogP contribution is -2.41. The van der Waals surface area contributed by atoms with Crippen LogP contribution in [-0.4, -0.2) is 54.3 Å². The molecule has 6 rings (SSSR count). The highest BCUT2D eigenvalue weighted by Gasteiger charge is 2.28. The highest BCUT2D eigenvalue weighted by molar-refractivity contribution is 7.17. The van der Waals surface area contributed by atoms with Crippen molar-refractivity contribution in [2.75, 3.05) is 34.8 Å². The van der Waals surface area contributed by atoms with Gasteiger partial charge in [-0.15, -0.1) is 11.3 Å². The van der Waals surface area contributed by atoms with Gasteiger partial charge in [-0.2, -0.15) is 0 Å². The SMILES string of the molecule is C[C@H](NC(=O)c1cc2c(s1)-c1ccccc1N(C(=O)c1cccc(NC(=O)c3cccnc3N3CCCC3)c1)CC2)C(N)=O. The summed E-state index contributed by atoms with van der Waals surface area (Å²) in [5.74, 6) is -0.775. The molecular formula is C33H32N6O4S. The Labute approximate surface area is 258 Å². The molecule has 4 aromatic rings. The van der Waals surface area contributed by atoms with Crippen LogP contribution in [0.25, 0.3) is 10.4 Å². The third-order valence-corrected chi connectivity index (χ3v) is 9.11. The zero-order valence-electron chi connectivity index (χ0n) is 24.2. The summed E-state index contributed by atoms with van der Waals surface area (Å²) < 4.78 is 0. The summed E-state index contributed by atoms with van der Waals surface area (Å²) in [4.78, 5) is 61.3. The largest absolute Gasteiger partial charge is 0.368 e. The summed E-state index contributed by atoms with van der Waals surface area (Å²) >= 11 is 1.32. The number of nitrogens with one attached hydrogen (secondary N) is 2. The van der Waals surface area contributed by atoms with Crippen LogP contribution in [0.2, 0.25) is 0 Å². The van der Waals surface area contributed by atoms with Crippen molar-refractivity contribution in [1.29, 1.82) is 0 Å². The molecule has 2 aromatic carbocycles. The minimum atomic E-state index is -0.790. The van der Waals surface area contributed by atoms with Crippen LogP contribution >= 0.6 is 11.3 Å². The molecule has 4 N–H and O–H groups in total. The Balaban J connectivity index is 1.24. The van der Waals surface area contributed by atoms with Crippen molar-refractivity contribution < 1.29 is 19.2 Å². The number of rotatable bonds is 7. The number of thiophene rings is 1. The average Bonchev–Trinajstić information content (AvgIpc) is 3.70. The first-order chi connectivity index (χ1) is 21.3. The van der Waals surface area contributed by atoms with Crippen molar-refractivity contribution >= 4 is 52.2 Å². The second-order valence-electron chi connectivity index (χ2n) is 10.9. The van der Waals surface area contributed by atoms with Crippen molar-refractivity contribution in [1.82, 2.24) is 10.3 Å². The molecule has 0 unspecified atom stereocenters. The number of aromatic nitrogens is 1. The quantitative estimate of drug-likeness (QED) is 0.283. The maximum absolute atomic E-state index is 14.0. The number of pyridine rings is 1. The van der Waals surface area contributed by atoms with Crippen molar-refractivity contribution in [3.05, 3.63) is 94.5 Å². The van der Waals surface area contributed by atoms with E-state index in [1.54, 1.807) is 54.4 Å². The molecule has 0 radical (unpaired) electrons. The zero-order valence-corrected chi connectivity index (χ0v) is 25.0. The number of hydrogen-bond acceptors (Lipinski definition) is 7. The summed E-state index contributed by atoms with van der Waals surface area (Å²) in [6, 6.07) is 19.1. The van der Waals surface area contributed by atoms with Gasteiger partial charge in [0, 0.05) is 47.5 Å². The van der Waals surface area contributed by atoms with Gasteiger partial charge in [-0.25, -0.2) is 4.98 Å². The Morgan fingerprint density at radius 3 is 2.52 bits per heavy atom. The van der Waals surface area contributed by atoms with Crippen LogP contribution in [0.5, 0.6) is 0 Å². The number of hydrogen-bond donors (Lipinski definition) is 3. The predicted octanol–water partition coefficient (Wildman–Crippen LogP) is 4.47. The maximum Gasteiger partial charge on any atom is 0.262 e. The Hall–Kier alpha value is -5.03. The topological polar surface area (TPSA) is 138 Å². The van der Waals surface area contributed by atoms with Crippen LogP contribution in [0.1, 0.15) is 55.7 Å². The van der Waals surface area contributed by atoms with Crippen LogP contribution < -0.4 is 26.2 Å². The van der Waals surface area contributed by atoms with E-state index in [0.717, 1.165) is 47.6 Å². The molecule has 1 saturated heterocycles. The molecule has 0 saturated carbocycles. The molecule has 10 nitrogen and oxygen atoms in total. The fourth-order valence-corrected chi connectivity index (χ4v) is 6.74. The highest BCUT2D eigenvalue weighted by atomic mass is 32.1. The van der Waals surface area contributed by atoms with Crippen molar-refractivity contribution in [3.63, 3.8) is 0 Å². The van der Waals surface area contributed by atoms with Gasteiger partial charge in [0.15, 0.2) is 0 Å². The number of carbonyl (C=O) groups excluding carboxylic acids is 4. The van der Waals surface area contributed by atoms with Crippen molar-refractivity contribution in [3.8, 4) is 10.4 Å². The summed E-state index contributed by atoms with van der Waals surface area (Å²) in [6.07, 6.45) is 4.37. The molecule has 2 aromatic heterocycles. The Morgan fingerprint density at radius 2 is 1.73 bits per heavy atom. The van der Waals surface area contributed by atoms with E-state index in [-0.39, 0.29) is 17.7 Å². The van der Waals surface area contributed by atoms with E-state index in [1.807, 2.05) is 30.3 Å². The Bertz CT molecular complexity index is 1760. The van der Waals surface area contributed by atoms with Gasteiger partial charge < -0.3 is 26.2 Å². The molecule has 4 amide bonds. The minimum absolute atomic E-state index is 0.198. The van der Waals surface area contributed by atoms with Gasteiger partial charge in [-0.05, 0) is 74.2 Å². The first-order valence-corrected chi connectivity index (χ1v) is 15.4. The van der Waals surface area contributed by atoms with E-state index in [0.29, 0.717) is 40.5 Å². The monoisotopic (exact) mass is 608 g/mol. The summed E-state index contributed by atoms with van der Waals surface area (Å²) in [5.41, 5.74) is 9.28. The normalized spacial score (nSPS) is 14.7. The molecule has 2 aliphatic rings. The molecule has 0 spiro atoms. The Kier molecular flexibility index (Phi) is 8.12. The number of nitrogens with two attached hydrogens (primary N) is 1. The predicted molar refractivity (Wildman–Crippen MR) is 171 cm³/mol. The number of primary amides is 1. The minimum Gasteiger partial charge on any atom is -0.368 e. The van der Waals surface area contributed by atoms with E-state index in [4.69, 9.17) is 5.73 Å². The summed E-state index contributed by atoms with van der Waals surface area (Å²) in [5, 5.41) is 5.59. The lowest BCUT2D eigenvalue weighted by atomic mass is 10.1. The molecule has 224 valence electrons. The Morgan fingerprint density at radius 1 is 0.932 bits per heavy atom. The first-order valence-electron chi connectivity index (χ1n) is 14.6. The lowest BCUT2D eigenvalue weighted by molar-refractivity contribution is -0.119. The van der Waals surface area contributed by atoms with E-state index < -0.39 is 11.9 Å². The lowest BCUT2D eigenvalue weighted by Gasteiger charge is -2.23. The number of amides is 4. The molecule has 2 aliphatic heterocycles. The molecule has 44 heavy (non-hydrogen) atoms. The van der Waals surface area contributed by atoms with Gasteiger partial charge in [-0.3, -0.25) is 19.2 Å². The molecule has 0 aliphatic carbocycles. The number of nitrogens with zero attached hydrogens (tertiary/aromatic N) is 3. The highest BCUT2D eigenvalue weighted by Crippen LogP contribution is 2.42. The number of carbonyl (C=O) groups is 4. The second-order valence-corrected chi connectivity index (χ2v) is 11.9. The maximum atomic E-state index is 14.0. The third kappa shape index (κ3) is 5.78. The van der Waals surface area contributed by atoms with Gasteiger partial charge in [0.25, 0.3) is 17.7 Å². The van der Waals surface area contributed by atoms with Gasteiger partial charge >= 0.3 is 0 Å².